The van der Waals surface area contributed by atoms with Crippen LogP contribution in [0.5, 0.6) is 0 Å². The number of halogens is 5. The molecule has 0 spiro atoms. The number of hydrogen-bond donors (Lipinski definition) is 0. The molecule has 8 heteroatoms. The first-order chi connectivity index (χ1) is 6.32. The first-order valence-corrected chi connectivity index (χ1v) is 3.26. The van der Waals surface area contributed by atoms with Crippen LogP contribution in [-0.2, 0) is 0 Å². The van der Waals surface area contributed by atoms with E-state index in [1.165, 1.54) is 0 Å². The smallest absolute Gasteiger partial charge is 0.284 e. The van der Waals surface area contributed by atoms with E-state index in [9.17, 15) is 26.7 Å². The summed E-state index contributed by atoms with van der Waals surface area (Å²) >= 11 is 0. The van der Waals surface area contributed by atoms with Gasteiger partial charge in [-0.3, -0.25) is 4.79 Å². The summed E-state index contributed by atoms with van der Waals surface area (Å²) in [6.07, 6.45) is -4.28. The minimum Gasteiger partial charge on any atom is -0.284 e. The number of carbonyl (C=O) groups is 1. The maximum Gasteiger partial charge on any atom is 0.454 e. The highest BCUT2D eigenvalue weighted by atomic mass is 19.4. The molecule has 0 saturated carbocycles. The van der Waals surface area contributed by atoms with Crippen LogP contribution in [0.3, 0.4) is 0 Å². The summed E-state index contributed by atoms with van der Waals surface area (Å²) in [5.74, 6) is -2.19. The van der Waals surface area contributed by atoms with Gasteiger partial charge in [0.2, 0.25) is 0 Å². The molecule has 14 heavy (non-hydrogen) atoms. The fraction of sp³-hybridized carbons (Fsp3) is 0.333. The Balaban J connectivity index is 2.93. The summed E-state index contributed by atoms with van der Waals surface area (Å²) in [6, 6.07) is 0. The summed E-state index contributed by atoms with van der Waals surface area (Å²) in [7, 11) is 0. The lowest BCUT2D eigenvalue weighted by Gasteiger charge is -2.01. The molecule has 0 atom stereocenters. The predicted molar refractivity (Wildman–Crippen MR) is 33.9 cm³/mol. The lowest BCUT2D eigenvalue weighted by Crippen LogP contribution is -2.22. The molecule has 0 aromatic carbocycles. The molecule has 1 rings (SSSR count). The van der Waals surface area contributed by atoms with Crippen LogP contribution in [0.4, 0.5) is 22.0 Å². The number of aromatic nitrogens is 2. The predicted octanol–water partition coefficient (Wildman–Crippen LogP) is 2.02. The Bertz CT molecular complexity index is 342. The van der Waals surface area contributed by atoms with E-state index in [1.54, 1.807) is 0 Å². The van der Waals surface area contributed by atoms with Crippen LogP contribution < -0.4 is 0 Å². The summed E-state index contributed by atoms with van der Waals surface area (Å²) in [6.45, 7) is -3.07. The van der Waals surface area contributed by atoms with E-state index < -0.39 is 24.1 Å². The van der Waals surface area contributed by atoms with Gasteiger partial charge in [-0.2, -0.15) is 27.1 Å². The highest BCUT2D eigenvalue weighted by Gasteiger charge is 2.40. The molecule has 0 aliphatic carbocycles. The van der Waals surface area contributed by atoms with Crippen molar-refractivity contribution in [3.8, 4) is 0 Å². The first-order valence-electron chi connectivity index (χ1n) is 3.26. The molecular formula is C6H3F5N2O. The van der Waals surface area contributed by atoms with Crippen LogP contribution in [0, 0.1) is 0 Å². The Kier molecular flexibility index (Phi) is 2.54. The van der Waals surface area contributed by atoms with E-state index >= 15 is 0 Å². The summed E-state index contributed by atoms with van der Waals surface area (Å²) in [5.41, 5.74) is -0.905. The van der Waals surface area contributed by atoms with Gasteiger partial charge in [0.1, 0.15) is 0 Å². The SMILES string of the molecule is O=C(c1cnn(C(F)F)c1)C(F)(F)F. The monoisotopic (exact) mass is 214 g/mol. The summed E-state index contributed by atoms with van der Waals surface area (Å²) in [4.78, 5) is 10.5. The van der Waals surface area contributed by atoms with Gasteiger partial charge in [-0.25, -0.2) is 4.68 Å². The molecule has 1 aromatic heterocycles. The largest absolute Gasteiger partial charge is 0.454 e. The lowest BCUT2D eigenvalue weighted by atomic mass is 10.2. The Morgan fingerprint density at radius 3 is 2.36 bits per heavy atom. The van der Waals surface area contributed by atoms with Crippen molar-refractivity contribution >= 4 is 5.78 Å². The third-order valence-corrected chi connectivity index (χ3v) is 1.32. The van der Waals surface area contributed by atoms with Gasteiger partial charge in [-0.1, -0.05) is 0 Å². The van der Waals surface area contributed by atoms with Crippen LogP contribution in [0.15, 0.2) is 12.4 Å². The van der Waals surface area contributed by atoms with E-state index in [1.807, 2.05) is 0 Å². The molecule has 0 fully saturated rings. The van der Waals surface area contributed by atoms with Crippen LogP contribution in [0.25, 0.3) is 0 Å². The van der Waals surface area contributed by atoms with Gasteiger partial charge in [-0.15, -0.1) is 0 Å². The molecule has 1 aromatic rings. The van der Waals surface area contributed by atoms with Gasteiger partial charge in [0.15, 0.2) is 0 Å². The Morgan fingerprint density at radius 1 is 1.43 bits per heavy atom. The number of alkyl halides is 5. The van der Waals surface area contributed by atoms with Crippen molar-refractivity contribution in [1.29, 1.82) is 0 Å². The average molecular weight is 214 g/mol. The van der Waals surface area contributed by atoms with Crippen LogP contribution >= 0.6 is 0 Å². The maximum atomic E-state index is 11.8. The number of nitrogens with zero attached hydrogens (tertiary/aromatic N) is 2. The van der Waals surface area contributed by atoms with Gasteiger partial charge in [-0.05, 0) is 0 Å². The zero-order valence-corrected chi connectivity index (χ0v) is 6.42. The summed E-state index contributed by atoms with van der Waals surface area (Å²) in [5, 5.41) is 2.90. The zero-order valence-electron chi connectivity index (χ0n) is 6.42. The van der Waals surface area contributed by atoms with E-state index in [-0.39, 0.29) is 4.68 Å². The second-order valence-electron chi connectivity index (χ2n) is 2.31. The van der Waals surface area contributed by atoms with E-state index in [0.717, 1.165) is 0 Å². The molecule has 0 unspecified atom stereocenters. The van der Waals surface area contributed by atoms with Crippen molar-refractivity contribution in [3.05, 3.63) is 18.0 Å². The molecule has 0 radical (unpaired) electrons. The first kappa shape index (κ1) is 10.6. The quantitative estimate of drug-likeness (QED) is 0.557. The number of hydrogen-bond acceptors (Lipinski definition) is 2. The van der Waals surface area contributed by atoms with Crippen molar-refractivity contribution in [3.63, 3.8) is 0 Å². The molecule has 3 nitrogen and oxygen atoms in total. The van der Waals surface area contributed by atoms with Gasteiger partial charge >= 0.3 is 12.7 Å². The van der Waals surface area contributed by atoms with Crippen molar-refractivity contribution in [2.75, 3.05) is 0 Å². The topological polar surface area (TPSA) is 34.9 Å². The highest BCUT2D eigenvalue weighted by Crippen LogP contribution is 2.21. The maximum absolute atomic E-state index is 11.8. The minimum absolute atomic E-state index is 0.0288. The normalized spacial score (nSPS) is 12.1. The van der Waals surface area contributed by atoms with Gasteiger partial charge in [0.05, 0.1) is 11.8 Å². The van der Waals surface area contributed by atoms with E-state index in [2.05, 4.69) is 5.10 Å². The van der Waals surface area contributed by atoms with Gasteiger partial charge in [0.25, 0.3) is 5.78 Å². The van der Waals surface area contributed by atoms with Crippen LogP contribution in [0.2, 0.25) is 0 Å². The van der Waals surface area contributed by atoms with Crippen molar-refractivity contribution in [2.45, 2.75) is 12.7 Å². The zero-order chi connectivity index (χ0) is 10.9. The molecule has 0 aliphatic rings. The van der Waals surface area contributed by atoms with E-state index in [4.69, 9.17) is 0 Å². The molecule has 0 saturated heterocycles. The van der Waals surface area contributed by atoms with Gasteiger partial charge < -0.3 is 0 Å². The molecule has 0 amide bonds. The number of rotatable bonds is 2. The number of ketones is 1. The standard InChI is InChI=1S/C6H3F5N2O/c7-5(8)13-2-3(1-12-13)4(14)6(9,10)11/h1-2,5H. The molecule has 1 heterocycles. The molecular weight excluding hydrogens is 211 g/mol. The molecule has 78 valence electrons. The molecule has 0 N–H and O–H groups in total. The van der Waals surface area contributed by atoms with E-state index in [0.29, 0.717) is 12.4 Å². The average Bonchev–Trinajstić information content (AvgIpc) is 2.48. The Hall–Kier alpha value is -1.47. The highest BCUT2D eigenvalue weighted by molar-refractivity contribution is 5.99. The third kappa shape index (κ3) is 2.06. The summed E-state index contributed by atoms with van der Waals surface area (Å²) < 4.78 is 59.0. The van der Waals surface area contributed by atoms with Crippen LogP contribution in [0.1, 0.15) is 16.9 Å². The second kappa shape index (κ2) is 3.35. The second-order valence-corrected chi connectivity index (χ2v) is 2.31. The van der Waals surface area contributed by atoms with Gasteiger partial charge in [0, 0.05) is 6.20 Å². The number of carbonyl (C=O) groups excluding carboxylic acids is 1. The third-order valence-electron chi connectivity index (χ3n) is 1.32. The minimum atomic E-state index is -5.07. The molecule has 0 aliphatic heterocycles. The Labute approximate surface area is 74.1 Å². The van der Waals surface area contributed by atoms with Crippen molar-refractivity contribution < 1.29 is 26.7 Å². The number of Topliss-reactive ketones (excluding diaryl/α,β-unsaturated/α-hetero) is 1. The fourth-order valence-corrected chi connectivity index (χ4v) is 0.726. The molecule has 0 bridgehead atoms. The lowest BCUT2D eigenvalue weighted by molar-refractivity contribution is -0.0885. The van der Waals surface area contributed by atoms with Crippen LogP contribution in [-0.4, -0.2) is 21.7 Å². The fourth-order valence-electron chi connectivity index (χ4n) is 0.726. The Morgan fingerprint density at radius 2 is 2.00 bits per heavy atom. The van der Waals surface area contributed by atoms with Crippen molar-refractivity contribution in [1.82, 2.24) is 9.78 Å². The van der Waals surface area contributed by atoms with Crippen molar-refractivity contribution in [2.24, 2.45) is 0 Å².